The highest BCUT2D eigenvalue weighted by Crippen LogP contribution is 2.23. The molecule has 0 amide bonds. The van der Waals surface area contributed by atoms with Gasteiger partial charge < -0.3 is 4.74 Å². The molecule has 0 spiro atoms. The Morgan fingerprint density at radius 1 is 1.29 bits per heavy atom. The zero-order valence-corrected chi connectivity index (χ0v) is 12.3. The first-order valence-corrected chi connectivity index (χ1v) is 6.46. The van der Waals surface area contributed by atoms with E-state index >= 15 is 0 Å². The summed E-state index contributed by atoms with van der Waals surface area (Å²) in [7, 11) is 3.21. The lowest BCUT2D eigenvalue weighted by atomic mass is 10.1. The van der Waals surface area contributed by atoms with Crippen molar-refractivity contribution in [2.45, 2.75) is 13.8 Å². The molecule has 0 unspecified atom stereocenters. The van der Waals surface area contributed by atoms with E-state index in [0.29, 0.717) is 17.0 Å². The van der Waals surface area contributed by atoms with Crippen molar-refractivity contribution in [2.24, 2.45) is 7.05 Å². The number of rotatable bonds is 2. The molecule has 21 heavy (non-hydrogen) atoms. The third-order valence-corrected chi connectivity index (χ3v) is 3.46. The Bertz CT molecular complexity index is 847. The van der Waals surface area contributed by atoms with Crippen molar-refractivity contribution in [1.82, 2.24) is 24.4 Å². The van der Waals surface area contributed by atoms with Crippen molar-refractivity contribution in [3.8, 4) is 11.3 Å². The zero-order valence-electron chi connectivity index (χ0n) is 12.3. The van der Waals surface area contributed by atoms with Crippen molar-refractivity contribution in [3.05, 3.63) is 35.4 Å². The average Bonchev–Trinajstić information content (AvgIpc) is 2.99. The van der Waals surface area contributed by atoms with Gasteiger partial charge in [0.05, 0.1) is 24.7 Å². The van der Waals surface area contributed by atoms with Gasteiger partial charge in [0.2, 0.25) is 0 Å². The number of esters is 1. The van der Waals surface area contributed by atoms with Crippen LogP contribution in [0.5, 0.6) is 0 Å². The highest BCUT2D eigenvalue weighted by Gasteiger charge is 2.17. The van der Waals surface area contributed by atoms with E-state index in [4.69, 9.17) is 4.74 Å². The van der Waals surface area contributed by atoms with Gasteiger partial charge in [-0.15, -0.1) is 0 Å². The van der Waals surface area contributed by atoms with Gasteiger partial charge in [-0.2, -0.15) is 10.2 Å². The number of fused-ring (bicyclic) bond motifs is 1. The molecular formula is C14H15N5O2. The Kier molecular flexibility index (Phi) is 2.97. The fraction of sp³-hybridized carbons (Fsp3) is 0.286. The molecule has 0 saturated carbocycles. The first kappa shape index (κ1) is 13.3. The lowest BCUT2D eigenvalue weighted by Crippen LogP contribution is -2.10. The topological polar surface area (TPSA) is 74.3 Å². The van der Waals surface area contributed by atoms with Gasteiger partial charge in [-0.05, 0) is 19.9 Å². The first-order chi connectivity index (χ1) is 10.0. The summed E-state index contributed by atoms with van der Waals surface area (Å²) < 4.78 is 8.09. The maximum absolute atomic E-state index is 12.0. The second kappa shape index (κ2) is 4.69. The fourth-order valence-corrected chi connectivity index (χ4v) is 2.23. The van der Waals surface area contributed by atoms with E-state index in [1.54, 1.807) is 16.9 Å². The van der Waals surface area contributed by atoms with Crippen LogP contribution in [0.25, 0.3) is 16.9 Å². The Labute approximate surface area is 121 Å². The number of hydrogen-bond acceptors (Lipinski definition) is 5. The van der Waals surface area contributed by atoms with Gasteiger partial charge in [-0.3, -0.25) is 4.68 Å². The van der Waals surface area contributed by atoms with Gasteiger partial charge in [0.1, 0.15) is 0 Å². The number of methoxy groups -OCH3 is 1. The summed E-state index contributed by atoms with van der Waals surface area (Å²) in [6.07, 6.45) is 1.73. The summed E-state index contributed by atoms with van der Waals surface area (Å²) >= 11 is 0. The lowest BCUT2D eigenvalue weighted by molar-refractivity contribution is 0.0590. The quantitative estimate of drug-likeness (QED) is 0.668. The Hall–Kier alpha value is -2.70. The molecule has 0 aromatic carbocycles. The number of aromatic nitrogens is 5. The molecule has 3 aromatic heterocycles. The molecule has 0 saturated heterocycles. The summed E-state index contributed by atoms with van der Waals surface area (Å²) in [6, 6.07) is 3.50. The molecular weight excluding hydrogens is 270 g/mol. The van der Waals surface area contributed by atoms with Crippen molar-refractivity contribution < 1.29 is 9.53 Å². The standard InChI is InChI=1S/C14H15N5O2/c1-8-5-13-16-11(10-7-15-18(3)9(10)2)6-12(14(20)21-4)19(13)17-8/h5-7H,1-4H3. The minimum Gasteiger partial charge on any atom is -0.464 e. The van der Waals surface area contributed by atoms with Gasteiger partial charge in [-0.25, -0.2) is 14.3 Å². The highest BCUT2D eigenvalue weighted by molar-refractivity contribution is 5.89. The molecule has 0 aliphatic heterocycles. The smallest absolute Gasteiger partial charge is 0.356 e. The monoisotopic (exact) mass is 285 g/mol. The van der Waals surface area contributed by atoms with Crippen molar-refractivity contribution in [3.63, 3.8) is 0 Å². The molecule has 108 valence electrons. The van der Waals surface area contributed by atoms with Crippen LogP contribution < -0.4 is 0 Å². The third kappa shape index (κ3) is 2.06. The molecule has 3 rings (SSSR count). The van der Waals surface area contributed by atoms with E-state index in [1.165, 1.54) is 11.6 Å². The van der Waals surface area contributed by atoms with E-state index in [2.05, 4.69) is 15.2 Å². The minimum atomic E-state index is -0.451. The molecule has 7 heteroatoms. The molecule has 0 fully saturated rings. The molecule has 0 radical (unpaired) electrons. The van der Waals surface area contributed by atoms with Gasteiger partial charge in [0.25, 0.3) is 0 Å². The van der Waals surface area contributed by atoms with Gasteiger partial charge in [-0.1, -0.05) is 0 Å². The van der Waals surface area contributed by atoms with Crippen LogP contribution >= 0.6 is 0 Å². The number of carbonyl (C=O) groups excluding carboxylic acids is 1. The molecule has 3 heterocycles. The van der Waals surface area contributed by atoms with Gasteiger partial charge in [0, 0.05) is 24.4 Å². The predicted octanol–water partition coefficient (Wildman–Crippen LogP) is 1.53. The molecule has 3 aromatic rings. The van der Waals surface area contributed by atoms with Crippen LogP contribution in [0, 0.1) is 13.8 Å². The first-order valence-electron chi connectivity index (χ1n) is 6.46. The van der Waals surface area contributed by atoms with E-state index in [1.807, 2.05) is 27.0 Å². The van der Waals surface area contributed by atoms with Gasteiger partial charge in [0.15, 0.2) is 11.3 Å². The number of nitrogens with zero attached hydrogens (tertiary/aromatic N) is 5. The summed E-state index contributed by atoms with van der Waals surface area (Å²) in [5.41, 5.74) is 4.26. The van der Waals surface area contributed by atoms with Crippen LogP contribution in [-0.2, 0) is 11.8 Å². The summed E-state index contributed by atoms with van der Waals surface area (Å²) in [5.74, 6) is -0.451. The number of ether oxygens (including phenoxy) is 1. The van der Waals surface area contributed by atoms with Crippen LogP contribution in [0.1, 0.15) is 21.9 Å². The van der Waals surface area contributed by atoms with Crippen LogP contribution in [0.3, 0.4) is 0 Å². The molecule has 7 nitrogen and oxygen atoms in total. The maximum atomic E-state index is 12.0. The van der Waals surface area contributed by atoms with Crippen molar-refractivity contribution >= 4 is 11.6 Å². The average molecular weight is 285 g/mol. The number of aryl methyl sites for hydroxylation is 2. The molecule has 0 bridgehead atoms. The maximum Gasteiger partial charge on any atom is 0.356 e. The summed E-state index contributed by atoms with van der Waals surface area (Å²) in [5, 5.41) is 8.49. The largest absolute Gasteiger partial charge is 0.464 e. The number of hydrogen-bond donors (Lipinski definition) is 0. The SMILES string of the molecule is COC(=O)c1cc(-c2cnn(C)c2C)nc2cc(C)nn12. The fourth-order valence-electron chi connectivity index (χ4n) is 2.23. The van der Waals surface area contributed by atoms with E-state index < -0.39 is 5.97 Å². The lowest BCUT2D eigenvalue weighted by Gasteiger charge is -2.06. The third-order valence-electron chi connectivity index (χ3n) is 3.46. The second-order valence-electron chi connectivity index (χ2n) is 4.84. The highest BCUT2D eigenvalue weighted by atomic mass is 16.5. The second-order valence-corrected chi connectivity index (χ2v) is 4.84. The minimum absolute atomic E-state index is 0.342. The Morgan fingerprint density at radius 3 is 2.67 bits per heavy atom. The van der Waals surface area contributed by atoms with E-state index in [-0.39, 0.29) is 0 Å². The van der Waals surface area contributed by atoms with Crippen LogP contribution in [0.15, 0.2) is 18.3 Å². The van der Waals surface area contributed by atoms with E-state index in [9.17, 15) is 4.79 Å². The normalized spacial score (nSPS) is 11.0. The summed E-state index contributed by atoms with van der Waals surface area (Å²) in [6.45, 7) is 3.80. The molecule has 0 atom stereocenters. The van der Waals surface area contributed by atoms with E-state index in [0.717, 1.165) is 17.0 Å². The Morgan fingerprint density at radius 2 is 2.05 bits per heavy atom. The van der Waals surface area contributed by atoms with Crippen molar-refractivity contribution in [1.29, 1.82) is 0 Å². The zero-order chi connectivity index (χ0) is 15.1. The van der Waals surface area contributed by atoms with Crippen molar-refractivity contribution in [2.75, 3.05) is 7.11 Å². The van der Waals surface area contributed by atoms with Crippen LogP contribution in [0.4, 0.5) is 0 Å². The number of carbonyl (C=O) groups is 1. The van der Waals surface area contributed by atoms with Crippen LogP contribution in [0.2, 0.25) is 0 Å². The van der Waals surface area contributed by atoms with Crippen LogP contribution in [-0.4, -0.2) is 37.5 Å². The predicted molar refractivity (Wildman–Crippen MR) is 76.0 cm³/mol. The molecule has 0 N–H and O–H groups in total. The van der Waals surface area contributed by atoms with Gasteiger partial charge >= 0.3 is 5.97 Å². The summed E-state index contributed by atoms with van der Waals surface area (Å²) in [4.78, 5) is 16.5. The molecule has 0 aliphatic rings. The molecule has 0 aliphatic carbocycles. The Balaban J connectivity index is 2.29.